The van der Waals surface area contributed by atoms with Crippen molar-refractivity contribution in [2.24, 2.45) is 0 Å². The Kier molecular flexibility index (Phi) is 35.6. The summed E-state index contributed by atoms with van der Waals surface area (Å²) in [6, 6.07) is 0. The second kappa shape index (κ2) is 37.9. The molecule has 1 saturated heterocycles. The summed E-state index contributed by atoms with van der Waals surface area (Å²) in [5.41, 5.74) is 0. The third-order valence-corrected chi connectivity index (χ3v) is 12.1. The van der Waals surface area contributed by atoms with Crippen LogP contribution in [-0.4, -0.2) is 96.0 Å². The van der Waals surface area contributed by atoms with E-state index in [9.17, 15) is 37.9 Å². The van der Waals surface area contributed by atoms with Gasteiger partial charge in [-0.05, 0) is 38.5 Å². The van der Waals surface area contributed by atoms with Gasteiger partial charge in [-0.3, -0.25) is 14.1 Å². The van der Waals surface area contributed by atoms with Crippen LogP contribution in [0.1, 0.15) is 219 Å². The monoisotopic (exact) mass is 877 g/mol. The first-order valence-corrected chi connectivity index (χ1v) is 25.9. The van der Waals surface area contributed by atoms with Crippen molar-refractivity contribution < 1.29 is 56.8 Å². The SMILES string of the molecule is CCCCCCCC/C=C\CCCCCCCCCC(=O)OC(COC(=O)CCCCCCCCCCCCCCCCC)COC1OC(CS(=O)(=O)O)C(O)C(O)C1O. The van der Waals surface area contributed by atoms with E-state index in [0.29, 0.717) is 12.8 Å². The van der Waals surface area contributed by atoms with E-state index in [4.69, 9.17) is 18.9 Å². The Balaban J connectivity index is 2.41. The third-order valence-electron chi connectivity index (χ3n) is 11.3. The highest BCUT2D eigenvalue weighted by molar-refractivity contribution is 7.85. The lowest BCUT2D eigenvalue weighted by molar-refractivity contribution is -0.297. The molecule has 0 aromatic heterocycles. The lowest BCUT2D eigenvalue weighted by Crippen LogP contribution is -2.60. The summed E-state index contributed by atoms with van der Waals surface area (Å²) in [6.07, 6.45) is 31.0. The highest BCUT2D eigenvalue weighted by Crippen LogP contribution is 2.24. The van der Waals surface area contributed by atoms with Gasteiger partial charge in [-0.2, -0.15) is 8.42 Å². The molecule has 6 atom stereocenters. The van der Waals surface area contributed by atoms with Crippen molar-refractivity contribution in [3.05, 3.63) is 12.2 Å². The van der Waals surface area contributed by atoms with Crippen molar-refractivity contribution in [1.29, 1.82) is 0 Å². The highest BCUT2D eigenvalue weighted by Gasteiger charge is 2.46. The van der Waals surface area contributed by atoms with E-state index in [1.54, 1.807) is 0 Å². The van der Waals surface area contributed by atoms with Gasteiger partial charge >= 0.3 is 11.9 Å². The van der Waals surface area contributed by atoms with Crippen LogP contribution in [0, 0.1) is 0 Å². The van der Waals surface area contributed by atoms with Crippen LogP contribution in [0.3, 0.4) is 0 Å². The Morgan fingerprint density at radius 2 is 0.950 bits per heavy atom. The number of aliphatic hydroxyl groups is 3. The number of esters is 2. The molecule has 354 valence electrons. The molecule has 0 bridgehead atoms. The molecule has 1 aliphatic rings. The molecule has 1 aliphatic heterocycles. The molecule has 0 saturated carbocycles. The van der Waals surface area contributed by atoms with E-state index in [1.807, 2.05) is 0 Å². The van der Waals surface area contributed by atoms with Crippen molar-refractivity contribution in [2.75, 3.05) is 19.0 Å². The summed E-state index contributed by atoms with van der Waals surface area (Å²) in [5, 5.41) is 30.9. The molecular weight excluding hydrogens is 789 g/mol. The lowest BCUT2D eigenvalue weighted by atomic mass is 10.00. The van der Waals surface area contributed by atoms with Gasteiger partial charge in [0.05, 0.1) is 6.61 Å². The van der Waals surface area contributed by atoms with Crippen molar-refractivity contribution in [3.63, 3.8) is 0 Å². The van der Waals surface area contributed by atoms with Crippen LogP contribution in [0.2, 0.25) is 0 Å². The van der Waals surface area contributed by atoms with Crippen molar-refractivity contribution >= 4 is 22.1 Å². The van der Waals surface area contributed by atoms with E-state index in [2.05, 4.69) is 26.0 Å². The summed E-state index contributed by atoms with van der Waals surface area (Å²) in [5.74, 6) is -1.97. The molecule has 0 spiro atoms. The van der Waals surface area contributed by atoms with Crippen LogP contribution in [0.25, 0.3) is 0 Å². The van der Waals surface area contributed by atoms with Gasteiger partial charge in [0.1, 0.15) is 36.8 Å². The lowest BCUT2D eigenvalue weighted by Gasteiger charge is -2.40. The maximum absolute atomic E-state index is 12.8. The van der Waals surface area contributed by atoms with Gasteiger partial charge in [-0.1, -0.05) is 180 Å². The van der Waals surface area contributed by atoms with Crippen molar-refractivity contribution in [1.82, 2.24) is 0 Å². The predicted octanol–water partition coefficient (Wildman–Crippen LogP) is 10.2. The largest absolute Gasteiger partial charge is 0.462 e. The summed E-state index contributed by atoms with van der Waals surface area (Å²) >= 11 is 0. The van der Waals surface area contributed by atoms with Gasteiger partial charge < -0.3 is 34.3 Å². The number of carbonyl (C=O) groups is 2. The second-order valence-electron chi connectivity index (χ2n) is 17.1. The fraction of sp³-hybridized carbons (Fsp3) is 0.915. The molecule has 6 unspecified atom stereocenters. The van der Waals surface area contributed by atoms with Gasteiger partial charge in [0.15, 0.2) is 12.4 Å². The maximum atomic E-state index is 12.8. The Labute approximate surface area is 365 Å². The molecule has 1 heterocycles. The topological polar surface area (TPSA) is 186 Å². The van der Waals surface area contributed by atoms with Crippen LogP contribution in [0.15, 0.2) is 12.2 Å². The van der Waals surface area contributed by atoms with E-state index in [-0.39, 0.29) is 19.4 Å². The van der Waals surface area contributed by atoms with Crippen LogP contribution < -0.4 is 0 Å². The standard InChI is InChI=1S/C47H88O12S/c1-3-5-7-9-11-13-15-17-19-20-22-24-26-28-30-32-34-36-43(49)58-40(38-57-47-46(52)45(51)44(50)41(59-47)39-60(53,54)55)37-56-42(48)35-33-31-29-27-25-23-21-18-16-14-12-10-8-6-4-2/h17,19,40-41,44-47,50-52H,3-16,18,20-39H2,1-2H3,(H,53,54,55)/b19-17-. The smallest absolute Gasteiger partial charge is 0.306 e. The van der Waals surface area contributed by atoms with E-state index >= 15 is 0 Å². The van der Waals surface area contributed by atoms with Gasteiger partial charge in [0, 0.05) is 12.8 Å². The zero-order valence-corrected chi connectivity index (χ0v) is 38.6. The summed E-state index contributed by atoms with van der Waals surface area (Å²) in [6.45, 7) is 3.78. The normalized spacial score (nSPS) is 20.1. The zero-order chi connectivity index (χ0) is 44.1. The number of ether oxygens (including phenoxy) is 4. The summed E-state index contributed by atoms with van der Waals surface area (Å²) < 4.78 is 54.1. The molecule has 12 nitrogen and oxygen atoms in total. The van der Waals surface area contributed by atoms with Crippen LogP contribution >= 0.6 is 0 Å². The van der Waals surface area contributed by atoms with Gasteiger partial charge in [-0.15, -0.1) is 0 Å². The van der Waals surface area contributed by atoms with E-state index in [0.717, 1.165) is 51.4 Å². The third kappa shape index (κ3) is 32.1. The second-order valence-corrected chi connectivity index (χ2v) is 18.6. The van der Waals surface area contributed by atoms with Gasteiger partial charge in [-0.25, -0.2) is 0 Å². The van der Waals surface area contributed by atoms with Crippen molar-refractivity contribution in [2.45, 2.75) is 256 Å². The first kappa shape index (κ1) is 56.4. The minimum atomic E-state index is -4.60. The van der Waals surface area contributed by atoms with Crippen LogP contribution in [-0.2, 0) is 38.7 Å². The van der Waals surface area contributed by atoms with Crippen LogP contribution in [0.4, 0.5) is 0 Å². The summed E-state index contributed by atoms with van der Waals surface area (Å²) in [4.78, 5) is 25.4. The number of hydrogen-bond donors (Lipinski definition) is 4. The van der Waals surface area contributed by atoms with Crippen molar-refractivity contribution in [3.8, 4) is 0 Å². The van der Waals surface area contributed by atoms with Gasteiger partial charge in [0.2, 0.25) is 0 Å². The average Bonchev–Trinajstić information content (AvgIpc) is 3.21. The minimum Gasteiger partial charge on any atom is -0.462 e. The Hall–Kier alpha value is -1.61. The molecule has 60 heavy (non-hydrogen) atoms. The molecule has 1 rings (SSSR count). The Morgan fingerprint density at radius 3 is 1.38 bits per heavy atom. The fourth-order valence-electron chi connectivity index (χ4n) is 7.56. The summed E-state index contributed by atoms with van der Waals surface area (Å²) in [7, 11) is -4.60. The Morgan fingerprint density at radius 1 is 0.550 bits per heavy atom. The molecule has 0 aromatic rings. The fourth-order valence-corrected chi connectivity index (χ4v) is 8.25. The first-order chi connectivity index (χ1) is 29.0. The number of aliphatic hydroxyl groups excluding tert-OH is 3. The molecule has 4 N–H and O–H groups in total. The van der Waals surface area contributed by atoms with E-state index < -0.39 is 71.2 Å². The predicted molar refractivity (Wildman–Crippen MR) is 238 cm³/mol. The Bertz CT molecular complexity index is 1170. The highest BCUT2D eigenvalue weighted by atomic mass is 32.2. The first-order valence-electron chi connectivity index (χ1n) is 24.2. The molecule has 0 radical (unpaired) electrons. The molecule has 0 aliphatic carbocycles. The van der Waals surface area contributed by atoms with E-state index in [1.165, 1.54) is 128 Å². The molecular formula is C47H88O12S. The minimum absolute atomic E-state index is 0.164. The quantitative estimate of drug-likeness (QED) is 0.0197. The number of unbranched alkanes of at least 4 members (excludes halogenated alkanes) is 27. The molecule has 0 aromatic carbocycles. The zero-order valence-electron chi connectivity index (χ0n) is 37.8. The number of rotatable bonds is 41. The van der Waals surface area contributed by atoms with Crippen LogP contribution in [0.5, 0.6) is 0 Å². The number of allylic oxidation sites excluding steroid dienone is 2. The molecule has 1 fully saturated rings. The molecule has 13 heteroatoms. The maximum Gasteiger partial charge on any atom is 0.306 e. The molecule has 0 amide bonds. The number of carbonyl (C=O) groups excluding carboxylic acids is 2. The van der Waals surface area contributed by atoms with Gasteiger partial charge in [0.25, 0.3) is 10.1 Å². The average molecular weight is 877 g/mol. The number of hydrogen-bond acceptors (Lipinski definition) is 11.